The van der Waals surface area contributed by atoms with Crippen molar-refractivity contribution in [3.63, 3.8) is 0 Å². The second-order valence-electron chi connectivity index (χ2n) is 8.48. The first kappa shape index (κ1) is 25.9. The highest BCUT2D eigenvalue weighted by atomic mass is 19.3. The van der Waals surface area contributed by atoms with Gasteiger partial charge in [-0.2, -0.15) is 8.78 Å². The molecule has 1 aliphatic rings. The lowest BCUT2D eigenvalue weighted by Crippen LogP contribution is -2.36. The van der Waals surface area contributed by atoms with Gasteiger partial charge in [-0.1, -0.05) is 6.07 Å². The first-order valence-corrected chi connectivity index (χ1v) is 11.1. The van der Waals surface area contributed by atoms with Crippen molar-refractivity contribution < 1.29 is 33.0 Å². The molecule has 9 nitrogen and oxygen atoms in total. The van der Waals surface area contributed by atoms with E-state index >= 15 is 0 Å². The normalized spacial score (nSPS) is 17.5. The summed E-state index contributed by atoms with van der Waals surface area (Å²) < 4.78 is 29.3. The first-order chi connectivity index (χ1) is 16.5. The lowest BCUT2D eigenvalue weighted by atomic mass is 9.93. The predicted octanol–water partition coefficient (Wildman–Crippen LogP) is 2.53. The molecule has 2 atom stereocenters. The van der Waals surface area contributed by atoms with Gasteiger partial charge in [0, 0.05) is 45.2 Å². The van der Waals surface area contributed by atoms with Crippen LogP contribution in [0, 0.1) is 0 Å². The third-order valence-electron chi connectivity index (χ3n) is 6.21. The highest BCUT2D eigenvalue weighted by molar-refractivity contribution is 5.96. The fourth-order valence-corrected chi connectivity index (χ4v) is 4.34. The highest BCUT2D eigenvalue weighted by Gasteiger charge is 2.36. The number of carbonyl (C=O) groups excluding carboxylic acids is 3. The van der Waals surface area contributed by atoms with Crippen LogP contribution in [0.15, 0.2) is 30.5 Å². The largest absolute Gasteiger partial charge is 0.504 e. The standard InChI is InChI=1S/C24H28F2N4O5/c1-4-29(3)23(34)16-7-15(21(22(27)33)28-11-16)8-18-9-17(12-30(18)13(2)31)14-5-6-20(19(32)10-14)35-24(25)26/h5-7,10-11,17-18,24,32H,4,8-9,12H2,1-3H3,(H2,27,33)/t17-,18+/m1/s1. The number of primary amides is 1. The molecule has 1 aromatic heterocycles. The molecule has 2 aromatic rings. The van der Waals surface area contributed by atoms with Gasteiger partial charge in [-0.05, 0) is 49.1 Å². The Morgan fingerprint density at radius 1 is 1.31 bits per heavy atom. The number of amides is 3. The minimum absolute atomic E-state index is 0.0267. The molecule has 3 N–H and O–H groups in total. The molecule has 1 aromatic carbocycles. The fourth-order valence-electron chi connectivity index (χ4n) is 4.34. The van der Waals surface area contributed by atoms with Gasteiger partial charge in [0.25, 0.3) is 11.8 Å². The smallest absolute Gasteiger partial charge is 0.387 e. The van der Waals surface area contributed by atoms with Crippen LogP contribution in [0.5, 0.6) is 11.5 Å². The summed E-state index contributed by atoms with van der Waals surface area (Å²) in [5, 5.41) is 10.1. The number of halogens is 2. The topological polar surface area (TPSA) is 126 Å². The van der Waals surface area contributed by atoms with Crippen LogP contribution in [0.2, 0.25) is 0 Å². The van der Waals surface area contributed by atoms with Crippen LogP contribution in [-0.4, -0.2) is 70.4 Å². The number of hydrogen-bond donors (Lipinski definition) is 2. The number of likely N-dealkylation sites (tertiary alicyclic amines) is 1. The number of hydrogen-bond acceptors (Lipinski definition) is 6. The molecule has 35 heavy (non-hydrogen) atoms. The van der Waals surface area contributed by atoms with E-state index in [0.29, 0.717) is 36.2 Å². The minimum atomic E-state index is -3.07. The number of pyridine rings is 1. The van der Waals surface area contributed by atoms with Crippen molar-refractivity contribution in [3.05, 3.63) is 52.8 Å². The summed E-state index contributed by atoms with van der Waals surface area (Å²) >= 11 is 0. The molecule has 0 unspecified atom stereocenters. The number of ether oxygens (including phenoxy) is 1. The summed E-state index contributed by atoms with van der Waals surface area (Å²) in [4.78, 5) is 44.3. The third kappa shape index (κ3) is 5.84. The average molecular weight is 491 g/mol. The van der Waals surface area contributed by atoms with Crippen molar-refractivity contribution in [1.29, 1.82) is 0 Å². The second kappa shape index (κ2) is 10.7. The Labute approximate surface area is 201 Å². The Morgan fingerprint density at radius 2 is 2.03 bits per heavy atom. The molecule has 0 aliphatic carbocycles. The highest BCUT2D eigenvalue weighted by Crippen LogP contribution is 2.37. The summed E-state index contributed by atoms with van der Waals surface area (Å²) in [6.45, 7) is 1.00. The van der Waals surface area contributed by atoms with E-state index in [2.05, 4.69) is 9.72 Å². The Kier molecular flexibility index (Phi) is 7.88. The number of rotatable bonds is 8. The fraction of sp³-hybridized carbons (Fsp3) is 0.417. The van der Waals surface area contributed by atoms with E-state index in [4.69, 9.17) is 5.73 Å². The molecule has 2 heterocycles. The van der Waals surface area contributed by atoms with Crippen molar-refractivity contribution in [2.45, 2.75) is 45.3 Å². The number of aromatic nitrogens is 1. The average Bonchev–Trinajstić information content (AvgIpc) is 3.23. The first-order valence-electron chi connectivity index (χ1n) is 11.1. The van der Waals surface area contributed by atoms with E-state index in [-0.39, 0.29) is 41.6 Å². The number of nitrogens with two attached hydrogens (primary N) is 1. The molecular weight excluding hydrogens is 462 g/mol. The number of aromatic hydroxyl groups is 1. The summed E-state index contributed by atoms with van der Waals surface area (Å²) in [6.07, 6.45) is 2.01. The van der Waals surface area contributed by atoms with Gasteiger partial charge < -0.3 is 25.4 Å². The molecule has 1 fully saturated rings. The Hall–Kier alpha value is -3.76. The van der Waals surface area contributed by atoms with Crippen LogP contribution >= 0.6 is 0 Å². The van der Waals surface area contributed by atoms with E-state index in [0.717, 1.165) is 0 Å². The molecule has 1 saturated heterocycles. The second-order valence-corrected chi connectivity index (χ2v) is 8.48. The molecule has 0 radical (unpaired) electrons. The Morgan fingerprint density at radius 3 is 2.60 bits per heavy atom. The van der Waals surface area contributed by atoms with E-state index in [1.807, 2.05) is 6.92 Å². The van der Waals surface area contributed by atoms with Crippen molar-refractivity contribution in [3.8, 4) is 11.5 Å². The van der Waals surface area contributed by atoms with Gasteiger partial charge in [-0.25, -0.2) is 4.98 Å². The van der Waals surface area contributed by atoms with Crippen LogP contribution in [0.25, 0.3) is 0 Å². The summed E-state index contributed by atoms with van der Waals surface area (Å²) in [5.41, 5.74) is 6.94. The number of benzene rings is 1. The molecule has 188 valence electrons. The molecule has 0 spiro atoms. The number of phenolic OH excluding ortho intramolecular Hbond substituents is 1. The summed E-state index contributed by atoms with van der Waals surface area (Å²) in [5.74, 6) is -2.15. The van der Waals surface area contributed by atoms with E-state index < -0.39 is 18.3 Å². The van der Waals surface area contributed by atoms with Crippen LogP contribution in [-0.2, 0) is 11.2 Å². The SMILES string of the molecule is CCN(C)C(=O)c1cnc(C(N)=O)c(C[C@H]2C[C@@H](c3ccc(OC(F)F)c(O)c3)CN2C(C)=O)c1. The minimum Gasteiger partial charge on any atom is -0.504 e. The zero-order valence-electron chi connectivity index (χ0n) is 19.7. The third-order valence-corrected chi connectivity index (χ3v) is 6.21. The molecule has 1 aliphatic heterocycles. The number of phenols is 1. The van der Waals surface area contributed by atoms with Crippen molar-refractivity contribution in [1.82, 2.24) is 14.8 Å². The molecule has 3 amide bonds. The molecule has 0 saturated carbocycles. The van der Waals surface area contributed by atoms with Crippen molar-refractivity contribution in [2.75, 3.05) is 20.1 Å². The van der Waals surface area contributed by atoms with Crippen LogP contribution in [0.1, 0.15) is 58.2 Å². The van der Waals surface area contributed by atoms with E-state index in [1.165, 1.54) is 30.2 Å². The maximum absolute atomic E-state index is 12.6. The molecule has 0 bridgehead atoms. The quantitative estimate of drug-likeness (QED) is 0.586. The lowest BCUT2D eigenvalue weighted by molar-refractivity contribution is -0.129. The van der Waals surface area contributed by atoms with Gasteiger partial charge in [-0.3, -0.25) is 14.4 Å². The number of carbonyl (C=O) groups is 3. The van der Waals surface area contributed by atoms with Crippen molar-refractivity contribution >= 4 is 17.7 Å². The zero-order valence-corrected chi connectivity index (χ0v) is 19.7. The summed E-state index contributed by atoms with van der Waals surface area (Å²) in [6, 6.07) is 5.41. The maximum Gasteiger partial charge on any atom is 0.387 e. The van der Waals surface area contributed by atoms with Gasteiger partial charge in [0.2, 0.25) is 5.91 Å². The molecule has 11 heteroatoms. The Balaban J connectivity index is 1.89. The zero-order chi connectivity index (χ0) is 25.9. The van der Waals surface area contributed by atoms with E-state index in [9.17, 15) is 28.3 Å². The van der Waals surface area contributed by atoms with Gasteiger partial charge in [-0.15, -0.1) is 0 Å². The lowest BCUT2D eigenvalue weighted by Gasteiger charge is -2.24. The predicted molar refractivity (Wildman–Crippen MR) is 122 cm³/mol. The van der Waals surface area contributed by atoms with Gasteiger partial charge in [0.05, 0.1) is 5.56 Å². The number of alkyl halides is 2. The van der Waals surface area contributed by atoms with Crippen molar-refractivity contribution in [2.24, 2.45) is 5.73 Å². The maximum atomic E-state index is 12.6. The summed E-state index contributed by atoms with van der Waals surface area (Å²) in [7, 11) is 1.65. The van der Waals surface area contributed by atoms with Crippen LogP contribution in [0.4, 0.5) is 8.78 Å². The molecular formula is C24H28F2N4O5. The van der Waals surface area contributed by atoms with E-state index in [1.54, 1.807) is 24.1 Å². The molecule has 3 rings (SSSR count). The van der Waals surface area contributed by atoms with Crippen LogP contribution < -0.4 is 10.5 Å². The number of nitrogens with zero attached hydrogens (tertiary/aromatic N) is 3. The Bertz CT molecular complexity index is 1130. The van der Waals surface area contributed by atoms with Gasteiger partial charge in [0.1, 0.15) is 5.69 Å². The van der Waals surface area contributed by atoms with Gasteiger partial charge >= 0.3 is 6.61 Å². The van der Waals surface area contributed by atoms with Gasteiger partial charge in [0.15, 0.2) is 11.5 Å². The monoisotopic (exact) mass is 490 g/mol. The van der Waals surface area contributed by atoms with Crippen LogP contribution in [0.3, 0.4) is 0 Å².